The summed E-state index contributed by atoms with van der Waals surface area (Å²) in [7, 11) is 0. The summed E-state index contributed by atoms with van der Waals surface area (Å²) in [6.45, 7) is 4.88. The number of rotatable bonds is 0. The van der Waals surface area contributed by atoms with Gasteiger partial charge in [0, 0.05) is 12.3 Å². The predicted octanol–water partition coefficient (Wildman–Crippen LogP) is 3.98. The molecule has 4 rings (SSSR count). The van der Waals surface area contributed by atoms with Crippen LogP contribution in [0.15, 0.2) is 11.6 Å². The molecule has 0 aromatic heterocycles. The zero-order valence-electron chi connectivity index (χ0n) is 11.6. The Morgan fingerprint density at radius 3 is 2.83 bits per heavy atom. The second-order valence-electron chi connectivity index (χ2n) is 7.66. The largest absolute Gasteiger partial charge is 0.299 e. The van der Waals surface area contributed by atoms with Crippen LogP contribution in [0.25, 0.3) is 0 Å². The SMILES string of the molecule is CC1(C)[C@@H]2[C@H]1CC=C1[C@@H]2C[C@H]2C(=O)CCCC[C@@H]12. The average Bonchev–Trinajstić information content (AvgIpc) is 2.79. The summed E-state index contributed by atoms with van der Waals surface area (Å²) in [4.78, 5) is 12.3. The van der Waals surface area contributed by atoms with Gasteiger partial charge in [0.15, 0.2) is 0 Å². The van der Waals surface area contributed by atoms with Crippen LogP contribution in [-0.4, -0.2) is 5.78 Å². The highest BCUT2D eigenvalue weighted by atomic mass is 16.1. The Morgan fingerprint density at radius 1 is 1.17 bits per heavy atom. The molecular weight excluding hydrogens is 220 g/mol. The summed E-state index contributed by atoms with van der Waals surface area (Å²) in [5, 5.41) is 0. The molecule has 5 atom stereocenters. The van der Waals surface area contributed by atoms with Crippen molar-refractivity contribution >= 4 is 5.78 Å². The van der Waals surface area contributed by atoms with Crippen molar-refractivity contribution < 1.29 is 4.79 Å². The average molecular weight is 244 g/mol. The first-order valence-corrected chi connectivity index (χ1v) is 7.83. The van der Waals surface area contributed by atoms with Gasteiger partial charge in [0.1, 0.15) is 5.78 Å². The van der Waals surface area contributed by atoms with E-state index in [-0.39, 0.29) is 0 Å². The molecular formula is C17H24O. The lowest BCUT2D eigenvalue weighted by atomic mass is 9.84. The third-order valence-electron chi connectivity index (χ3n) is 6.63. The van der Waals surface area contributed by atoms with Crippen LogP contribution in [0.2, 0.25) is 0 Å². The molecule has 0 saturated heterocycles. The minimum absolute atomic E-state index is 0.402. The van der Waals surface area contributed by atoms with E-state index >= 15 is 0 Å². The van der Waals surface area contributed by atoms with Gasteiger partial charge in [-0.2, -0.15) is 0 Å². The van der Waals surface area contributed by atoms with Crippen LogP contribution in [0.4, 0.5) is 0 Å². The molecule has 0 amide bonds. The second kappa shape index (κ2) is 3.49. The summed E-state index contributed by atoms with van der Waals surface area (Å²) in [6.07, 6.45) is 9.59. The number of hydrogen-bond acceptors (Lipinski definition) is 1. The van der Waals surface area contributed by atoms with E-state index in [0.29, 0.717) is 23.0 Å². The lowest BCUT2D eigenvalue weighted by Crippen LogP contribution is -2.16. The highest BCUT2D eigenvalue weighted by molar-refractivity contribution is 5.82. The number of carbonyl (C=O) groups excluding carboxylic acids is 1. The summed E-state index contributed by atoms with van der Waals surface area (Å²) in [6, 6.07) is 0. The van der Waals surface area contributed by atoms with Crippen molar-refractivity contribution in [1.29, 1.82) is 0 Å². The van der Waals surface area contributed by atoms with Crippen LogP contribution in [0.1, 0.15) is 52.4 Å². The maximum Gasteiger partial charge on any atom is 0.136 e. The van der Waals surface area contributed by atoms with E-state index in [4.69, 9.17) is 0 Å². The molecule has 0 spiro atoms. The van der Waals surface area contributed by atoms with Gasteiger partial charge in [-0.25, -0.2) is 0 Å². The Kier molecular flexibility index (Phi) is 2.18. The fourth-order valence-corrected chi connectivity index (χ4v) is 5.61. The van der Waals surface area contributed by atoms with Gasteiger partial charge in [-0.05, 0) is 54.8 Å². The maximum absolute atomic E-state index is 12.3. The van der Waals surface area contributed by atoms with Crippen molar-refractivity contribution in [3.05, 3.63) is 11.6 Å². The number of Topliss-reactive ketones (excluding diaryl/α,β-unsaturated/α-hetero) is 1. The van der Waals surface area contributed by atoms with E-state index in [1.807, 2.05) is 0 Å². The molecule has 0 aromatic carbocycles. The molecule has 0 aromatic rings. The molecule has 0 heterocycles. The van der Waals surface area contributed by atoms with Crippen molar-refractivity contribution in [3.8, 4) is 0 Å². The standard InChI is InChI=1S/C17H24O/c1-17(2)14-8-7-11-10-5-3-4-6-15(18)12(10)9-13(11)16(14)17/h7,10,12-14,16H,3-6,8-9H2,1-2H3/t10-,12+,13-,14+,16-/m0/s1. The molecule has 3 fully saturated rings. The summed E-state index contributed by atoms with van der Waals surface area (Å²) >= 11 is 0. The van der Waals surface area contributed by atoms with Gasteiger partial charge < -0.3 is 0 Å². The van der Waals surface area contributed by atoms with Gasteiger partial charge in [0.2, 0.25) is 0 Å². The van der Waals surface area contributed by atoms with Gasteiger partial charge in [-0.3, -0.25) is 4.79 Å². The van der Waals surface area contributed by atoms with Gasteiger partial charge in [-0.15, -0.1) is 0 Å². The first kappa shape index (κ1) is 11.3. The Balaban J connectivity index is 1.67. The minimum Gasteiger partial charge on any atom is -0.299 e. The molecule has 98 valence electrons. The molecule has 4 aliphatic rings. The highest BCUT2D eigenvalue weighted by Crippen LogP contribution is 2.70. The summed E-state index contributed by atoms with van der Waals surface area (Å²) in [5.74, 6) is 4.22. The Hall–Kier alpha value is -0.590. The monoisotopic (exact) mass is 244 g/mol. The predicted molar refractivity (Wildman–Crippen MR) is 72.0 cm³/mol. The number of allylic oxidation sites excluding steroid dienone is 2. The summed E-state index contributed by atoms with van der Waals surface area (Å²) in [5.41, 5.74) is 2.26. The number of ketones is 1. The van der Waals surface area contributed by atoms with Crippen molar-refractivity contribution in [2.75, 3.05) is 0 Å². The molecule has 0 unspecified atom stereocenters. The maximum atomic E-state index is 12.3. The van der Waals surface area contributed by atoms with E-state index in [0.717, 1.165) is 30.6 Å². The van der Waals surface area contributed by atoms with Crippen LogP contribution in [0.5, 0.6) is 0 Å². The second-order valence-corrected chi connectivity index (χ2v) is 7.66. The molecule has 18 heavy (non-hydrogen) atoms. The zero-order chi connectivity index (χ0) is 12.5. The highest BCUT2D eigenvalue weighted by Gasteiger charge is 2.64. The molecule has 4 aliphatic carbocycles. The molecule has 0 aliphatic heterocycles. The van der Waals surface area contributed by atoms with Crippen molar-refractivity contribution in [1.82, 2.24) is 0 Å². The van der Waals surface area contributed by atoms with Crippen molar-refractivity contribution in [2.45, 2.75) is 52.4 Å². The zero-order valence-corrected chi connectivity index (χ0v) is 11.6. The third kappa shape index (κ3) is 1.31. The number of carbonyl (C=O) groups is 1. The van der Waals surface area contributed by atoms with Gasteiger partial charge in [0.25, 0.3) is 0 Å². The fourth-order valence-electron chi connectivity index (χ4n) is 5.61. The lowest BCUT2D eigenvalue weighted by molar-refractivity contribution is -0.123. The van der Waals surface area contributed by atoms with E-state index in [1.54, 1.807) is 5.57 Å². The normalized spacial score (nSPS) is 48.7. The smallest absolute Gasteiger partial charge is 0.136 e. The van der Waals surface area contributed by atoms with E-state index in [2.05, 4.69) is 19.9 Å². The molecule has 0 radical (unpaired) electrons. The van der Waals surface area contributed by atoms with Crippen LogP contribution < -0.4 is 0 Å². The lowest BCUT2D eigenvalue weighted by Gasteiger charge is -2.21. The third-order valence-corrected chi connectivity index (χ3v) is 6.63. The van der Waals surface area contributed by atoms with E-state index < -0.39 is 0 Å². The molecule has 3 saturated carbocycles. The van der Waals surface area contributed by atoms with Crippen LogP contribution >= 0.6 is 0 Å². The van der Waals surface area contributed by atoms with Crippen LogP contribution in [0, 0.1) is 35.0 Å². The van der Waals surface area contributed by atoms with Gasteiger partial charge in [-0.1, -0.05) is 31.9 Å². The quantitative estimate of drug-likeness (QED) is 0.589. The number of fused-ring (bicyclic) bond motifs is 5. The molecule has 1 nitrogen and oxygen atoms in total. The Labute approximate surface area is 110 Å². The molecule has 0 bridgehead atoms. The van der Waals surface area contributed by atoms with Gasteiger partial charge >= 0.3 is 0 Å². The molecule has 0 N–H and O–H groups in total. The first-order chi connectivity index (χ1) is 8.60. The van der Waals surface area contributed by atoms with Gasteiger partial charge in [0.05, 0.1) is 0 Å². The number of hydrogen-bond donors (Lipinski definition) is 0. The van der Waals surface area contributed by atoms with Crippen LogP contribution in [0.3, 0.4) is 0 Å². The summed E-state index contributed by atoms with van der Waals surface area (Å²) < 4.78 is 0. The van der Waals surface area contributed by atoms with Crippen molar-refractivity contribution in [3.63, 3.8) is 0 Å². The Bertz CT molecular complexity index is 431. The fraction of sp³-hybridized carbons (Fsp3) is 0.824. The van der Waals surface area contributed by atoms with E-state index in [9.17, 15) is 4.79 Å². The topological polar surface area (TPSA) is 17.1 Å². The first-order valence-electron chi connectivity index (χ1n) is 7.83. The minimum atomic E-state index is 0.402. The van der Waals surface area contributed by atoms with Crippen molar-refractivity contribution in [2.24, 2.45) is 35.0 Å². The molecule has 1 heteroatoms. The van der Waals surface area contributed by atoms with Crippen LogP contribution in [-0.2, 0) is 4.79 Å². The Morgan fingerprint density at radius 2 is 2.00 bits per heavy atom. The van der Waals surface area contributed by atoms with E-state index in [1.165, 1.54) is 25.7 Å².